The first kappa shape index (κ1) is 11.9. The number of thiophene rings is 1. The van der Waals surface area contributed by atoms with Gasteiger partial charge in [0, 0.05) is 28.2 Å². The lowest BCUT2D eigenvalue weighted by Gasteiger charge is -2.05. The van der Waals surface area contributed by atoms with Crippen molar-refractivity contribution in [3.63, 3.8) is 0 Å². The maximum atomic E-state index is 11.1. The molecule has 0 aliphatic rings. The van der Waals surface area contributed by atoms with Gasteiger partial charge in [0.15, 0.2) is 0 Å². The quantitative estimate of drug-likeness (QED) is 0.765. The number of aromatic carboxylic acids is 1. The molecule has 0 bridgehead atoms. The molecule has 2 heterocycles. The second-order valence-electron chi connectivity index (χ2n) is 4.33. The van der Waals surface area contributed by atoms with Crippen molar-refractivity contribution in [2.24, 2.45) is 0 Å². The zero-order chi connectivity index (χ0) is 13.4. The Kier molecular flexibility index (Phi) is 2.80. The van der Waals surface area contributed by atoms with Gasteiger partial charge < -0.3 is 5.11 Å². The third-order valence-electron chi connectivity index (χ3n) is 3.06. The van der Waals surface area contributed by atoms with Gasteiger partial charge in [0.05, 0.1) is 0 Å². The molecule has 3 aromatic rings. The largest absolute Gasteiger partial charge is 0.477 e. The second-order valence-corrected chi connectivity index (χ2v) is 5.38. The number of benzene rings is 1. The topological polar surface area (TPSA) is 50.2 Å². The zero-order valence-electron chi connectivity index (χ0n) is 10.3. The molecule has 0 saturated carbocycles. The lowest BCUT2D eigenvalue weighted by Crippen LogP contribution is -1.89. The highest BCUT2D eigenvalue weighted by molar-refractivity contribution is 7.17. The maximum absolute atomic E-state index is 11.1. The van der Waals surface area contributed by atoms with E-state index in [1.165, 1.54) is 11.3 Å². The first-order chi connectivity index (χ1) is 9.16. The fourth-order valence-electron chi connectivity index (χ4n) is 2.17. The predicted molar refractivity (Wildman–Crippen MR) is 76.8 cm³/mol. The molecule has 3 rings (SSSR count). The van der Waals surface area contributed by atoms with Gasteiger partial charge in [0.1, 0.15) is 4.88 Å². The summed E-state index contributed by atoms with van der Waals surface area (Å²) in [6, 6.07) is 9.70. The van der Waals surface area contributed by atoms with E-state index < -0.39 is 5.97 Å². The lowest BCUT2D eigenvalue weighted by atomic mass is 10.0. The van der Waals surface area contributed by atoms with Crippen molar-refractivity contribution in [3.05, 3.63) is 53.2 Å². The van der Waals surface area contributed by atoms with Crippen LogP contribution in [0.25, 0.3) is 21.2 Å². The van der Waals surface area contributed by atoms with E-state index in [0.29, 0.717) is 4.88 Å². The first-order valence-corrected chi connectivity index (χ1v) is 6.65. The van der Waals surface area contributed by atoms with Crippen LogP contribution in [0.5, 0.6) is 0 Å². The third kappa shape index (κ3) is 2.00. The number of carboxylic acid groups (broad SMARTS) is 1. The van der Waals surface area contributed by atoms with E-state index in [1.807, 2.05) is 37.4 Å². The summed E-state index contributed by atoms with van der Waals surface area (Å²) < 4.78 is 0. The normalized spacial score (nSPS) is 10.8. The summed E-state index contributed by atoms with van der Waals surface area (Å²) in [5, 5.41) is 11.2. The summed E-state index contributed by atoms with van der Waals surface area (Å²) in [5.41, 5.74) is 2.03. The molecule has 0 unspecified atom stereocenters. The van der Waals surface area contributed by atoms with E-state index in [9.17, 15) is 4.79 Å². The van der Waals surface area contributed by atoms with Crippen LogP contribution >= 0.6 is 11.3 Å². The van der Waals surface area contributed by atoms with Crippen molar-refractivity contribution in [1.82, 2.24) is 4.98 Å². The summed E-state index contributed by atoms with van der Waals surface area (Å²) >= 11 is 1.31. The van der Waals surface area contributed by atoms with Gasteiger partial charge in [-0.05, 0) is 30.0 Å². The highest BCUT2D eigenvalue weighted by Gasteiger charge is 2.14. The minimum atomic E-state index is -0.877. The smallest absolute Gasteiger partial charge is 0.345 e. The molecule has 0 aliphatic heterocycles. The van der Waals surface area contributed by atoms with Crippen molar-refractivity contribution in [2.45, 2.75) is 6.92 Å². The minimum Gasteiger partial charge on any atom is -0.477 e. The van der Waals surface area contributed by atoms with Gasteiger partial charge in [-0.2, -0.15) is 0 Å². The number of hydrogen-bond acceptors (Lipinski definition) is 3. The standard InChI is InChI=1S/C15H11NO2S/c1-9-7-13(15(17)18)19-14(9)11-4-2-3-10-5-6-16-8-12(10)11/h2-8H,1H3,(H,17,18). The van der Waals surface area contributed by atoms with Gasteiger partial charge in [0.25, 0.3) is 0 Å². The van der Waals surface area contributed by atoms with Crippen LogP contribution in [0, 0.1) is 6.92 Å². The molecular weight excluding hydrogens is 258 g/mol. The van der Waals surface area contributed by atoms with E-state index >= 15 is 0 Å². The van der Waals surface area contributed by atoms with Crippen LogP contribution in [0.15, 0.2) is 42.7 Å². The predicted octanol–water partition coefficient (Wildman–Crippen LogP) is 3.97. The van der Waals surface area contributed by atoms with Crippen molar-refractivity contribution in [1.29, 1.82) is 0 Å². The van der Waals surface area contributed by atoms with Crippen LogP contribution in [0.2, 0.25) is 0 Å². The molecule has 0 atom stereocenters. The summed E-state index contributed by atoms with van der Waals surface area (Å²) in [5.74, 6) is -0.877. The highest BCUT2D eigenvalue weighted by Crippen LogP contribution is 2.36. The van der Waals surface area contributed by atoms with E-state index in [1.54, 1.807) is 12.3 Å². The molecule has 0 fully saturated rings. The van der Waals surface area contributed by atoms with Gasteiger partial charge in [-0.1, -0.05) is 18.2 Å². The van der Waals surface area contributed by atoms with Gasteiger partial charge in [0.2, 0.25) is 0 Å². The first-order valence-electron chi connectivity index (χ1n) is 5.83. The van der Waals surface area contributed by atoms with E-state index in [4.69, 9.17) is 5.11 Å². The van der Waals surface area contributed by atoms with Gasteiger partial charge in [-0.15, -0.1) is 11.3 Å². The Hall–Kier alpha value is -2.20. The summed E-state index contributed by atoms with van der Waals surface area (Å²) in [6.07, 6.45) is 3.58. The van der Waals surface area contributed by atoms with E-state index in [-0.39, 0.29) is 0 Å². The number of nitrogens with zero attached hydrogens (tertiary/aromatic N) is 1. The molecule has 2 aromatic heterocycles. The molecule has 94 valence electrons. The fourth-order valence-corrected chi connectivity index (χ4v) is 3.22. The number of aryl methyl sites for hydroxylation is 1. The van der Waals surface area contributed by atoms with Crippen LogP contribution < -0.4 is 0 Å². The molecule has 0 spiro atoms. The van der Waals surface area contributed by atoms with Crippen molar-refractivity contribution in [3.8, 4) is 10.4 Å². The molecule has 0 radical (unpaired) electrons. The fraction of sp³-hybridized carbons (Fsp3) is 0.0667. The average molecular weight is 269 g/mol. The Morgan fingerprint density at radius 1 is 1.32 bits per heavy atom. The van der Waals surface area contributed by atoms with Crippen LogP contribution in [0.4, 0.5) is 0 Å². The SMILES string of the molecule is Cc1cc(C(=O)O)sc1-c1cccc2ccncc12. The van der Waals surface area contributed by atoms with Gasteiger partial charge >= 0.3 is 5.97 Å². The summed E-state index contributed by atoms with van der Waals surface area (Å²) in [6.45, 7) is 1.94. The van der Waals surface area contributed by atoms with Crippen LogP contribution in [-0.2, 0) is 0 Å². The van der Waals surface area contributed by atoms with Crippen molar-refractivity contribution >= 4 is 28.1 Å². The molecule has 0 aliphatic carbocycles. The second kappa shape index (κ2) is 4.48. The Bertz CT molecular complexity index is 771. The van der Waals surface area contributed by atoms with Crippen molar-refractivity contribution in [2.75, 3.05) is 0 Å². The minimum absolute atomic E-state index is 0.369. The Morgan fingerprint density at radius 2 is 2.16 bits per heavy atom. The number of carboxylic acids is 1. The van der Waals surface area contributed by atoms with Gasteiger partial charge in [-0.25, -0.2) is 4.79 Å². The maximum Gasteiger partial charge on any atom is 0.345 e. The molecule has 1 N–H and O–H groups in total. The molecular formula is C15H11NO2S. The summed E-state index contributed by atoms with van der Waals surface area (Å²) in [4.78, 5) is 16.6. The van der Waals surface area contributed by atoms with E-state index in [2.05, 4.69) is 4.98 Å². The van der Waals surface area contributed by atoms with Crippen molar-refractivity contribution < 1.29 is 9.90 Å². The molecule has 4 heteroatoms. The number of rotatable bonds is 2. The van der Waals surface area contributed by atoms with Crippen LogP contribution in [-0.4, -0.2) is 16.1 Å². The average Bonchev–Trinajstić information content (AvgIpc) is 2.80. The monoisotopic (exact) mass is 269 g/mol. The Balaban J connectivity index is 2.27. The van der Waals surface area contributed by atoms with Crippen LogP contribution in [0.3, 0.4) is 0 Å². The number of carbonyl (C=O) groups is 1. The molecule has 1 aromatic carbocycles. The zero-order valence-corrected chi connectivity index (χ0v) is 11.1. The Labute approximate surface area is 114 Å². The van der Waals surface area contributed by atoms with Crippen LogP contribution in [0.1, 0.15) is 15.2 Å². The number of aromatic nitrogens is 1. The van der Waals surface area contributed by atoms with E-state index in [0.717, 1.165) is 26.8 Å². The molecule has 0 saturated heterocycles. The number of pyridine rings is 1. The molecule has 0 amide bonds. The number of hydrogen-bond donors (Lipinski definition) is 1. The van der Waals surface area contributed by atoms with Gasteiger partial charge in [-0.3, -0.25) is 4.98 Å². The highest BCUT2D eigenvalue weighted by atomic mass is 32.1. The molecule has 3 nitrogen and oxygen atoms in total. The lowest BCUT2D eigenvalue weighted by molar-refractivity contribution is 0.0702. The Morgan fingerprint density at radius 3 is 2.89 bits per heavy atom. The molecule has 19 heavy (non-hydrogen) atoms. The summed E-state index contributed by atoms with van der Waals surface area (Å²) in [7, 11) is 0. The number of fused-ring (bicyclic) bond motifs is 1. The third-order valence-corrected chi connectivity index (χ3v) is 4.32.